The molecule has 0 unspecified atom stereocenters. The van der Waals surface area contributed by atoms with Crippen LogP contribution in [0.2, 0.25) is 0 Å². The summed E-state index contributed by atoms with van der Waals surface area (Å²) in [6, 6.07) is 3.99. The van der Waals surface area contributed by atoms with Gasteiger partial charge in [0.15, 0.2) is 17.5 Å². The molecule has 1 saturated heterocycles. The van der Waals surface area contributed by atoms with E-state index in [1.54, 1.807) is 7.05 Å². The Balaban J connectivity index is 1.55. The molecule has 7 nitrogen and oxygen atoms in total. The average molecular weight is 426 g/mol. The summed E-state index contributed by atoms with van der Waals surface area (Å²) >= 11 is 3.51. The van der Waals surface area contributed by atoms with E-state index >= 15 is 0 Å². The fraction of sp³-hybridized carbons (Fsp3) is 0.556. The summed E-state index contributed by atoms with van der Waals surface area (Å²) in [6.07, 6.45) is 1.57. The molecule has 2 aliphatic rings. The SMILES string of the molecule is CCOC(=O)C1CCN(C(=NC)NCc2cc(Br)c3c(c2)OCO3)CC1. The van der Waals surface area contributed by atoms with Crippen molar-refractivity contribution in [2.45, 2.75) is 26.3 Å². The number of esters is 1. The van der Waals surface area contributed by atoms with Gasteiger partial charge >= 0.3 is 5.97 Å². The first-order valence-electron chi connectivity index (χ1n) is 8.82. The van der Waals surface area contributed by atoms with E-state index in [4.69, 9.17) is 14.2 Å². The minimum atomic E-state index is -0.0830. The second-order valence-corrected chi connectivity index (χ2v) is 7.08. The number of nitrogens with one attached hydrogen (secondary N) is 1. The maximum absolute atomic E-state index is 11.9. The average Bonchev–Trinajstić information content (AvgIpc) is 3.12. The van der Waals surface area contributed by atoms with Gasteiger partial charge in [-0.2, -0.15) is 0 Å². The molecule has 8 heteroatoms. The van der Waals surface area contributed by atoms with Crippen LogP contribution in [0.15, 0.2) is 21.6 Å². The summed E-state index contributed by atoms with van der Waals surface area (Å²) in [5, 5.41) is 3.39. The molecule has 1 fully saturated rings. The Morgan fingerprint density at radius 3 is 2.85 bits per heavy atom. The van der Waals surface area contributed by atoms with E-state index in [0.29, 0.717) is 13.2 Å². The van der Waals surface area contributed by atoms with Gasteiger partial charge in [-0.1, -0.05) is 0 Å². The molecule has 0 spiro atoms. The highest BCUT2D eigenvalue weighted by Gasteiger charge is 2.27. The van der Waals surface area contributed by atoms with Crippen molar-refractivity contribution < 1.29 is 19.0 Å². The van der Waals surface area contributed by atoms with Gasteiger partial charge in [-0.15, -0.1) is 0 Å². The Labute approximate surface area is 161 Å². The number of nitrogens with zero attached hydrogens (tertiary/aromatic N) is 2. The van der Waals surface area contributed by atoms with Crippen LogP contribution in [0.25, 0.3) is 0 Å². The van der Waals surface area contributed by atoms with E-state index < -0.39 is 0 Å². The molecule has 26 heavy (non-hydrogen) atoms. The number of guanidine groups is 1. The first-order valence-corrected chi connectivity index (χ1v) is 9.62. The number of rotatable bonds is 4. The molecule has 0 aliphatic carbocycles. The third kappa shape index (κ3) is 4.23. The lowest BCUT2D eigenvalue weighted by Gasteiger charge is -2.33. The van der Waals surface area contributed by atoms with E-state index in [2.05, 4.69) is 31.1 Å². The van der Waals surface area contributed by atoms with Crippen LogP contribution in [0.4, 0.5) is 0 Å². The van der Waals surface area contributed by atoms with Crippen molar-refractivity contribution in [1.29, 1.82) is 0 Å². The molecular formula is C18H24BrN3O4. The molecule has 0 atom stereocenters. The molecule has 0 bridgehead atoms. The van der Waals surface area contributed by atoms with Gasteiger partial charge in [0.1, 0.15) is 0 Å². The molecule has 1 N–H and O–H groups in total. The number of halogens is 1. The highest BCUT2D eigenvalue weighted by atomic mass is 79.9. The molecule has 0 amide bonds. The normalized spacial score (nSPS) is 17.3. The van der Waals surface area contributed by atoms with E-state index in [-0.39, 0.29) is 18.7 Å². The topological polar surface area (TPSA) is 72.4 Å². The predicted molar refractivity (Wildman–Crippen MR) is 101 cm³/mol. The number of ether oxygens (including phenoxy) is 3. The first kappa shape index (κ1) is 18.8. The van der Waals surface area contributed by atoms with Gasteiger partial charge in [0.05, 0.1) is 17.0 Å². The molecule has 1 aromatic rings. The molecule has 2 aliphatic heterocycles. The number of aliphatic imine (C=N–C) groups is 1. The monoisotopic (exact) mass is 425 g/mol. The zero-order valence-electron chi connectivity index (χ0n) is 15.1. The lowest BCUT2D eigenvalue weighted by atomic mass is 9.97. The number of likely N-dealkylation sites (tertiary alicyclic amines) is 1. The van der Waals surface area contributed by atoms with Crippen LogP contribution < -0.4 is 14.8 Å². The molecule has 142 valence electrons. The first-order chi connectivity index (χ1) is 12.6. The van der Waals surface area contributed by atoms with Crippen LogP contribution >= 0.6 is 15.9 Å². The Bertz CT molecular complexity index is 687. The largest absolute Gasteiger partial charge is 0.466 e. The summed E-state index contributed by atoms with van der Waals surface area (Å²) < 4.78 is 16.9. The van der Waals surface area contributed by atoms with Crippen LogP contribution in [0.1, 0.15) is 25.3 Å². The number of fused-ring (bicyclic) bond motifs is 1. The van der Waals surface area contributed by atoms with Crippen LogP contribution in [0.5, 0.6) is 11.5 Å². The number of hydrogen-bond donors (Lipinski definition) is 1. The smallest absolute Gasteiger partial charge is 0.309 e. The quantitative estimate of drug-likeness (QED) is 0.453. The maximum Gasteiger partial charge on any atom is 0.309 e. The summed E-state index contributed by atoms with van der Waals surface area (Å²) in [7, 11) is 1.77. The zero-order chi connectivity index (χ0) is 18.5. The molecule has 2 heterocycles. The van der Waals surface area contributed by atoms with E-state index in [1.165, 1.54) is 0 Å². The third-order valence-corrected chi connectivity index (χ3v) is 5.15. The fourth-order valence-corrected chi connectivity index (χ4v) is 3.83. The molecule has 0 saturated carbocycles. The highest BCUT2D eigenvalue weighted by Crippen LogP contribution is 2.39. The van der Waals surface area contributed by atoms with E-state index in [1.807, 2.05) is 19.1 Å². The standard InChI is InChI=1S/C18H24BrN3O4/c1-3-24-17(23)13-4-6-22(7-5-13)18(20-2)21-10-12-8-14(19)16-15(9-12)25-11-26-16/h8-9,13H,3-7,10-11H2,1-2H3,(H,20,21). The van der Waals surface area contributed by atoms with Gasteiger partial charge in [0.25, 0.3) is 0 Å². The van der Waals surface area contributed by atoms with Crippen LogP contribution in [-0.2, 0) is 16.1 Å². The van der Waals surface area contributed by atoms with E-state index in [0.717, 1.165) is 53.4 Å². The van der Waals surface area contributed by atoms with Crippen molar-refractivity contribution in [1.82, 2.24) is 10.2 Å². The number of hydrogen-bond acceptors (Lipinski definition) is 5. The zero-order valence-corrected chi connectivity index (χ0v) is 16.7. The van der Waals surface area contributed by atoms with Crippen LogP contribution in [0.3, 0.4) is 0 Å². The second-order valence-electron chi connectivity index (χ2n) is 6.23. The summed E-state index contributed by atoms with van der Waals surface area (Å²) in [6.45, 7) is 4.73. The van der Waals surface area contributed by atoms with Crippen molar-refractivity contribution in [3.8, 4) is 11.5 Å². The summed E-state index contributed by atoms with van der Waals surface area (Å²) in [5.41, 5.74) is 1.07. The minimum Gasteiger partial charge on any atom is -0.466 e. The summed E-state index contributed by atoms with van der Waals surface area (Å²) in [4.78, 5) is 18.4. The molecule has 0 radical (unpaired) electrons. The predicted octanol–water partition coefficient (Wildman–Crippen LogP) is 2.53. The van der Waals surface area contributed by atoms with Crippen molar-refractivity contribution in [3.05, 3.63) is 22.2 Å². The number of carbonyl (C=O) groups excluding carboxylic acids is 1. The Morgan fingerprint density at radius 2 is 2.15 bits per heavy atom. The van der Waals surface area contributed by atoms with Crippen molar-refractivity contribution in [2.75, 3.05) is 33.5 Å². The second kappa shape index (κ2) is 8.62. The number of piperidine rings is 1. The molecule has 3 rings (SSSR count). The minimum absolute atomic E-state index is 0.00544. The van der Waals surface area contributed by atoms with Crippen LogP contribution in [0, 0.1) is 5.92 Å². The van der Waals surface area contributed by atoms with Gasteiger partial charge in [0.2, 0.25) is 6.79 Å². The van der Waals surface area contributed by atoms with Gasteiger partial charge in [-0.05, 0) is 53.4 Å². The third-order valence-electron chi connectivity index (χ3n) is 4.56. The Morgan fingerprint density at radius 1 is 1.38 bits per heavy atom. The van der Waals surface area contributed by atoms with Crippen LogP contribution in [-0.4, -0.2) is 50.4 Å². The van der Waals surface area contributed by atoms with Crippen molar-refractivity contribution in [3.63, 3.8) is 0 Å². The lowest BCUT2D eigenvalue weighted by molar-refractivity contribution is -0.149. The molecule has 1 aromatic carbocycles. The Kier molecular flexibility index (Phi) is 6.24. The van der Waals surface area contributed by atoms with Gasteiger partial charge in [-0.25, -0.2) is 0 Å². The van der Waals surface area contributed by atoms with Gasteiger partial charge in [-0.3, -0.25) is 9.79 Å². The van der Waals surface area contributed by atoms with Gasteiger partial charge in [0, 0.05) is 26.7 Å². The molecular weight excluding hydrogens is 402 g/mol. The molecule has 0 aromatic heterocycles. The highest BCUT2D eigenvalue weighted by molar-refractivity contribution is 9.10. The van der Waals surface area contributed by atoms with Gasteiger partial charge < -0.3 is 24.4 Å². The number of benzene rings is 1. The van der Waals surface area contributed by atoms with E-state index in [9.17, 15) is 4.79 Å². The Hall–Kier alpha value is -1.96. The van der Waals surface area contributed by atoms with Crippen molar-refractivity contribution in [2.24, 2.45) is 10.9 Å². The maximum atomic E-state index is 11.9. The summed E-state index contributed by atoms with van der Waals surface area (Å²) in [5.74, 6) is 2.25. The fourth-order valence-electron chi connectivity index (χ4n) is 3.22. The number of carbonyl (C=O) groups is 1. The van der Waals surface area contributed by atoms with Crippen molar-refractivity contribution >= 4 is 27.9 Å². The lowest BCUT2D eigenvalue weighted by Crippen LogP contribution is -2.46.